The lowest BCUT2D eigenvalue weighted by molar-refractivity contribution is -0.384. The molecular weight excluding hydrogens is 241 g/mol. The van der Waals surface area contributed by atoms with Gasteiger partial charge in [-0.15, -0.1) is 0 Å². The molecule has 0 atom stereocenters. The van der Waals surface area contributed by atoms with E-state index in [9.17, 15) is 14.5 Å². The molecule has 2 aromatic heterocycles. The zero-order chi connectivity index (χ0) is 13.1. The maximum atomic E-state index is 12.9. The number of halogens is 1. The maximum Gasteiger partial charge on any atom is 0.314 e. The molecule has 0 saturated carbocycles. The second-order valence-corrected chi connectivity index (χ2v) is 3.61. The van der Waals surface area contributed by atoms with Crippen molar-refractivity contribution in [2.75, 3.05) is 5.32 Å². The number of nitro groups is 1. The van der Waals surface area contributed by atoms with Crippen molar-refractivity contribution in [2.45, 2.75) is 6.54 Å². The zero-order valence-electron chi connectivity index (χ0n) is 9.50. The molecule has 0 aliphatic heterocycles. The summed E-state index contributed by atoms with van der Waals surface area (Å²) in [7, 11) is 1.77. The van der Waals surface area contributed by atoms with Gasteiger partial charge in [-0.05, 0) is 6.07 Å². The summed E-state index contributed by atoms with van der Waals surface area (Å²) in [4.78, 5) is 13.7. The highest BCUT2D eigenvalue weighted by atomic mass is 19.1. The van der Waals surface area contributed by atoms with Crippen LogP contribution in [0.1, 0.15) is 5.69 Å². The summed E-state index contributed by atoms with van der Waals surface area (Å²) in [6.07, 6.45) is 2.68. The van der Waals surface area contributed by atoms with Crippen LogP contribution in [0.25, 0.3) is 0 Å². The molecule has 0 aromatic carbocycles. The smallest absolute Gasteiger partial charge is 0.314 e. The Kier molecular flexibility index (Phi) is 3.18. The van der Waals surface area contributed by atoms with E-state index in [1.54, 1.807) is 24.0 Å². The summed E-state index contributed by atoms with van der Waals surface area (Å²) in [5, 5.41) is 17.6. The normalized spacial score (nSPS) is 10.3. The van der Waals surface area contributed by atoms with Crippen molar-refractivity contribution in [1.82, 2.24) is 14.8 Å². The lowest BCUT2D eigenvalue weighted by atomic mass is 10.3. The van der Waals surface area contributed by atoms with Gasteiger partial charge in [0.1, 0.15) is 5.82 Å². The first kappa shape index (κ1) is 12.0. The SMILES string of the molecule is Cn1ccc(CNc2ncc(F)cc2[N+](=O)[O-])n1. The average Bonchev–Trinajstić information content (AvgIpc) is 2.73. The Morgan fingerprint density at radius 2 is 2.39 bits per heavy atom. The van der Waals surface area contributed by atoms with Crippen molar-refractivity contribution >= 4 is 11.5 Å². The summed E-state index contributed by atoms with van der Waals surface area (Å²) >= 11 is 0. The summed E-state index contributed by atoms with van der Waals surface area (Å²) < 4.78 is 14.5. The topological polar surface area (TPSA) is 85.9 Å². The van der Waals surface area contributed by atoms with Gasteiger partial charge in [0.05, 0.1) is 29.4 Å². The molecule has 8 heteroatoms. The van der Waals surface area contributed by atoms with Crippen LogP contribution >= 0.6 is 0 Å². The van der Waals surface area contributed by atoms with Crippen LogP contribution in [0, 0.1) is 15.9 Å². The molecule has 2 aromatic rings. The molecule has 0 radical (unpaired) electrons. The third kappa shape index (κ3) is 2.59. The van der Waals surface area contributed by atoms with E-state index in [0.29, 0.717) is 5.69 Å². The lowest BCUT2D eigenvalue weighted by Crippen LogP contribution is -2.06. The minimum Gasteiger partial charge on any atom is -0.359 e. The Labute approximate surface area is 101 Å². The van der Waals surface area contributed by atoms with E-state index in [1.807, 2.05) is 0 Å². The largest absolute Gasteiger partial charge is 0.359 e. The van der Waals surface area contributed by atoms with Crippen LogP contribution in [0.5, 0.6) is 0 Å². The quantitative estimate of drug-likeness (QED) is 0.657. The number of aromatic nitrogens is 3. The molecule has 2 rings (SSSR count). The second kappa shape index (κ2) is 4.78. The van der Waals surface area contributed by atoms with E-state index in [1.165, 1.54) is 0 Å². The number of pyridine rings is 1. The molecule has 94 valence electrons. The molecule has 2 heterocycles. The monoisotopic (exact) mass is 251 g/mol. The van der Waals surface area contributed by atoms with Crippen LogP contribution in [0.2, 0.25) is 0 Å². The molecule has 0 aliphatic carbocycles. The summed E-state index contributed by atoms with van der Waals surface area (Å²) in [6.45, 7) is 0.278. The van der Waals surface area contributed by atoms with Crippen LogP contribution < -0.4 is 5.32 Å². The molecule has 0 spiro atoms. The highest BCUT2D eigenvalue weighted by Gasteiger charge is 2.16. The fourth-order valence-corrected chi connectivity index (χ4v) is 1.44. The van der Waals surface area contributed by atoms with Crippen molar-refractivity contribution in [2.24, 2.45) is 7.05 Å². The fraction of sp³-hybridized carbons (Fsp3) is 0.200. The molecule has 18 heavy (non-hydrogen) atoms. The first-order valence-electron chi connectivity index (χ1n) is 5.08. The highest BCUT2D eigenvalue weighted by Crippen LogP contribution is 2.22. The van der Waals surface area contributed by atoms with Crippen molar-refractivity contribution in [1.29, 1.82) is 0 Å². The number of rotatable bonds is 4. The number of nitrogens with one attached hydrogen (secondary N) is 1. The van der Waals surface area contributed by atoms with Crippen LogP contribution in [0.3, 0.4) is 0 Å². The number of anilines is 1. The van der Waals surface area contributed by atoms with Gasteiger partial charge in [-0.3, -0.25) is 14.8 Å². The summed E-state index contributed by atoms with van der Waals surface area (Å²) in [6, 6.07) is 2.59. The number of nitrogens with zero attached hydrogens (tertiary/aromatic N) is 4. The van der Waals surface area contributed by atoms with Crippen LogP contribution in [-0.4, -0.2) is 19.7 Å². The van der Waals surface area contributed by atoms with E-state index in [4.69, 9.17) is 0 Å². The fourth-order valence-electron chi connectivity index (χ4n) is 1.44. The first-order chi connectivity index (χ1) is 8.56. The number of hydrogen-bond donors (Lipinski definition) is 1. The molecular formula is C10H10FN5O2. The van der Waals surface area contributed by atoms with E-state index < -0.39 is 16.4 Å². The minimum absolute atomic E-state index is 0.0204. The predicted octanol–water partition coefficient (Wildman–Crippen LogP) is 1.47. The van der Waals surface area contributed by atoms with E-state index >= 15 is 0 Å². The minimum atomic E-state index is -0.745. The standard InChI is InChI=1S/C10H10FN5O2/c1-15-3-2-8(14-15)6-13-10-9(16(17)18)4-7(11)5-12-10/h2-5H,6H2,1H3,(H,12,13). The van der Waals surface area contributed by atoms with E-state index in [-0.39, 0.29) is 12.4 Å². The van der Waals surface area contributed by atoms with Crippen LogP contribution in [0.4, 0.5) is 15.9 Å². The lowest BCUT2D eigenvalue weighted by Gasteiger charge is -2.04. The second-order valence-electron chi connectivity index (χ2n) is 3.61. The number of aryl methyl sites for hydroxylation is 1. The molecule has 0 saturated heterocycles. The van der Waals surface area contributed by atoms with Gasteiger partial charge in [0.25, 0.3) is 0 Å². The molecule has 0 unspecified atom stereocenters. The molecule has 1 N–H and O–H groups in total. The van der Waals surface area contributed by atoms with Gasteiger partial charge in [-0.25, -0.2) is 9.37 Å². The predicted molar refractivity (Wildman–Crippen MR) is 61.4 cm³/mol. The van der Waals surface area contributed by atoms with Gasteiger partial charge < -0.3 is 5.32 Å². The first-order valence-corrected chi connectivity index (χ1v) is 5.08. The van der Waals surface area contributed by atoms with Gasteiger partial charge in [-0.2, -0.15) is 5.10 Å². The van der Waals surface area contributed by atoms with Crippen LogP contribution in [-0.2, 0) is 13.6 Å². The van der Waals surface area contributed by atoms with E-state index in [0.717, 1.165) is 12.3 Å². The van der Waals surface area contributed by atoms with Gasteiger partial charge >= 0.3 is 5.69 Å². The zero-order valence-corrected chi connectivity index (χ0v) is 9.50. The summed E-state index contributed by atoms with van der Waals surface area (Å²) in [5.41, 5.74) is 0.309. The van der Waals surface area contributed by atoms with E-state index in [2.05, 4.69) is 15.4 Å². The highest BCUT2D eigenvalue weighted by molar-refractivity contribution is 5.55. The number of hydrogen-bond acceptors (Lipinski definition) is 5. The van der Waals surface area contributed by atoms with Crippen molar-refractivity contribution in [3.05, 3.63) is 46.2 Å². The summed E-state index contributed by atoms with van der Waals surface area (Å²) in [5.74, 6) is -0.725. The Bertz CT molecular complexity index is 583. The van der Waals surface area contributed by atoms with Gasteiger partial charge in [0, 0.05) is 13.2 Å². The molecule has 0 fully saturated rings. The molecule has 7 nitrogen and oxygen atoms in total. The molecule has 0 bridgehead atoms. The van der Waals surface area contributed by atoms with Crippen LogP contribution in [0.15, 0.2) is 24.5 Å². The third-order valence-corrected chi connectivity index (χ3v) is 2.24. The van der Waals surface area contributed by atoms with Crippen molar-refractivity contribution in [3.63, 3.8) is 0 Å². The van der Waals surface area contributed by atoms with Gasteiger partial charge in [0.2, 0.25) is 5.82 Å². The average molecular weight is 251 g/mol. The Balaban J connectivity index is 2.16. The molecule has 0 amide bonds. The van der Waals surface area contributed by atoms with Crippen molar-refractivity contribution in [3.8, 4) is 0 Å². The Morgan fingerprint density at radius 3 is 3.00 bits per heavy atom. The van der Waals surface area contributed by atoms with Gasteiger partial charge in [0.15, 0.2) is 0 Å². The Hall–Kier alpha value is -2.51. The molecule has 0 aliphatic rings. The van der Waals surface area contributed by atoms with Crippen molar-refractivity contribution < 1.29 is 9.31 Å². The van der Waals surface area contributed by atoms with Gasteiger partial charge in [-0.1, -0.05) is 0 Å². The Morgan fingerprint density at radius 1 is 1.61 bits per heavy atom. The third-order valence-electron chi connectivity index (χ3n) is 2.24. The maximum absolute atomic E-state index is 12.9.